The lowest BCUT2D eigenvalue weighted by atomic mass is 10.1. The number of hydrogen-bond acceptors (Lipinski definition) is 3. The molecule has 1 amide bonds. The first-order valence-electron chi connectivity index (χ1n) is 5.04. The molecule has 6 heteroatoms. The molecule has 18 heavy (non-hydrogen) atoms. The number of benzene rings is 1. The van der Waals surface area contributed by atoms with E-state index in [2.05, 4.69) is 10.3 Å². The molecule has 0 saturated carbocycles. The molecule has 0 saturated heterocycles. The van der Waals surface area contributed by atoms with Gasteiger partial charge in [-0.25, -0.2) is 4.39 Å². The lowest BCUT2D eigenvalue weighted by Crippen LogP contribution is -2.15. The van der Waals surface area contributed by atoms with Gasteiger partial charge in [0.1, 0.15) is 0 Å². The zero-order valence-electron chi connectivity index (χ0n) is 9.15. The number of pyridine rings is 1. The van der Waals surface area contributed by atoms with Gasteiger partial charge in [0.25, 0.3) is 5.91 Å². The summed E-state index contributed by atoms with van der Waals surface area (Å²) in [6.07, 6.45) is 2.38. The monoisotopic (exact) mass is 265 g/mol. The first kappa shape index (κ1) is 12.3. The van der Waals surface area contributed by atoms with E-state index < -0.39 is 11.7 Å². The van der Waals surface area contributed by atoms with Crippen LogP contribution in [0.3, 0.4) is 0 Å². The van der Waals surface area contributed by atoms with E-state index in [-0.39, 0.29) is 22.0 Å². The maximum atomic E-state index is 13.3. The van der Waals surface area contributed by atoms with Gasteiger partial charge in [0.15, 0.2) is 5.82 Å². The molecule has 1 aromatic carbocycles. The van der Waals surface area contributed by atoms with Gasteiger partial charge in [-0.2, -0.15) is 0 Å². The number of halogens is 2. The second-order valence-electron chi connectivity index (χ2n) is 3.51. The Balaban J connectivity index is 2.31. The predicted molar refractivity (Wildman–Crippen MR) is 68.0 cm³/mol. The summed E-state index contributed by atoms with van der Waals surface area (Å²) in [4.78, 5) is 15.5. The van der Waals surface area contributed by atoms with Crippen molar-refractivity contribution in [3.05, 3.63) is 53.1 Å². The van der Waals surface area contributed by atoms with E-state index in [0.29, 0.717) is 0 Å². The quantitative estimate of drug-likeness (QED) is 0.821. The molecule has 3 N–H and O–H groups in total. The Hall–Kier alpha value is -2.14. The van der Waals surface area contributed by atoms with Crippen molar-refractivity contribution in [1.29, 1.82) is 0 Å². The SMILES string of the molecule is Nc1cccc(Cl)c1C(=O)Nc1ccncc1F. The molecule has 0 aliphatic carbocycles. The first-order chi connectivity index (χ1) is 8.59. The van der Waals surface area contributed by atoms with E-state index in [1.165, 1.54) is 18.3 Å². The minimum Gasteiger partial charge on any atom is -0.398 e. The lowest BCUT2D eigenvalue weighted by molar-refractivity contribution is 0.102. The number of aromatic nitrogens is 1. The highest BCUT2D eigenvalue weighted by molar-refractivity contribution is 6.35. The number of nitrogens with two attached hydrogens (primary N) is 1. The summed E-state index contributed by atoms with van der Waals surface area (Å²) in [5, 5.41) is 2.60. The summed E-state index contributed by atoms with van der Waals surface area (Å²) in [7, 11) is 0. The summed E-state index contributed by atoms with van der Waals surface area (Å²) in [6, 6.07) is 6.06. The molecule has 0 fully saturated rings. The number of carbonyl (C=O) groups excluding carboxylic acids is 1. The molecule has 0 spiro atoms. The van der Waals surface area contributed by atoms with Crippen LogP contribution < -0.4 is 11.1 Å². The van der Waals surface area contributed by atoms with Crippen molar-refractivity contribution >= 4 is 28.9 Å². The molecule has 2 aromatic rings. The Morgan fingerprint density at radius 1 is 1.39 bits per heavy atom. The van der Waals surface area contributed by atoms with Crippen molar-refractivity contribution in [1.82, 2.24) is 4.98 Å². The second kappa shape index (κ2) is 5.01. The van der Waals surface area contributed by atoms with E-state index in [0.717, 1.165) is 6.20 Å². The number of hydrogen-bond donors (Lipinski definition) is 2. The molecule has 1 aromatic heterocycles. The number of nitrogens with zero attached hydrogens (tertiary/aromatic N) is 1. The minimum absolute atomic E-state index is 0.0225. The molecule has 1 heterocycles. The van der Waals surface area contributed by atoms with E-state index in [9.17, 15) is 9.18 Å². The topological polar surface area (TPSA) is 68.0 Å². The van der Waals surface area contributed by atoms with Crippen molar-refractivity contribution in [2.75, 3.05) is 11.1 Å². The number of nitrogens with one attached hydrogen (secondary N) is 1. The fourth-order valence-corrected chi connectivity index (χ4v) is 1.71. The maximum absolute atomic E-state index is 13.3. The van der Waals surface area contributed by atoms with E-state index in [1.54, 1.807) is 12.1 Å². The largest absolute Gasteiger partial charge is 0.398 e. The van der Waals surface area contributed by atoms with Gasteiger partial charge < -0.3 is 11.1 Å². The number of anilines is 2. The highest BCUT2D eigenvalue weighted by atomic mass is 35.5. The van der Waals surface area contributed by atoms with Gasteiger partial charge in [0.2, 0.25) is 0 Å². The Labute approximate surface area is 108 Å². The van der Waals surface area contributed by atoms with Gasteiger partial charge in [0, 0.05) is 11.9 Å². The maximum Gasteiger partial charge on any atom is 0.259 e. The molecule has 0 aliphatic heterocycles. The lowest BCUT2D eigenvalue weighted by Gasteiger charge is -2.09. The zero-order valence-corrected chi connectivity index (χ0v) is 9.91. The summed E-state index contributed by atoms with van der Waals surface area (Å²) in [5.74, 6) is -1.19. The normalized spacial score (nSPS) is 10.1. The van der Waals surface area contributed by atoms with Crippen LogP contribution in [0.4, 0.5) is 15.8 Å². The summed E-state index contributed by atoms with van der Waals surface area (Å²) in [5.41, 5.74) is 6.04. The molecule has 0 aliphatic rings. The van der Waals surface area contributed by atoms with Crippen molar-refractivity contribution in [2.45, 2.75) is 0 Å². The van der Waals surface area contributed by atoms with Crippen LogP contribution in [0.25, 0.3) is 0 Å². The van der Waals surface area contributed by atoms with Crippen molar-refractivity contribution in [2.24, 2.45) is 0 Å². The minimum atomic E-state index is -0.628. The van der Waals surface area contributed by atoms with E-state index >= 15 is 0 Å². The molecule has 0 atom stereocenters. The standard InChI is InChI=1S/C12H9ClFN3O/c13-7-2-1-3-9(15)11(7)12(18)17-10-4-5-16-6-8(10)14/h1-6H,15H2,(H,16,17,18). The van der Waals surface area contributed by atoms with Gasteiger partial charge >= 0.3 is 0 Å². The van der Waals surface area contributed by atoms with E-state index in [1.807, 2.05) is 0 Å². The predicted octanol–water partition coefficient (Wildman–Crippen LogP) is 2.71. The fourth-order valence-electron chi connectivity index (χ4n) is 1.44. The summed E-state index contributed by atoms with van der Waals surface area (Å²) < 4.78 is 13.3. The summed E-state index contributed by atoms with van der Waals surface area (Å²) in [6.45, 7) is 0. The summed E-state index contributed by atoms with van der Waals surface area (Å²) >= 11 is 5.88. The Kier molecular flexibility index (Phi) is 3.43. The molecule has 2 rings (SSSR count). The zero-order chi connectivity index (χ0) is 13.1. The molecule has 0 bridgehead atoms. The van der Waals surface area contributed by atoms with Crippen molar-refractivity contribution in [3.63, 3.8) is 0 Å². The van der Waals surface area contributed by atoms with Crippen molar-refractivity contribution in [3.8, 4) is 0 Å². The first-order valence-corrected chi connectivity index (χ1v) is 5.42. The molecular weight excluding hydrogens is 257 g/mol. The fraction of sp³-hybridized carbons (Fsp3) is 0. The molecule has 92 valence electrons. The van der Waals surface area contributed by atoms with Crippen LogP contribution in [0, 0.1) is 5.82 Å². The Morgan fingerprint density at radius 3 is 2.83 bits per heavy atom. The smallest absolute Gasteiger partial charge is 0.259 e. The Morgan fingerprint density at radius 2 is 2.17 bits per heavy atom. The number of carbonyl (C=O) groups is 1. The van der Waals surface area contributed by atoms with Crippen molar-refractivity contribution < 1.29 is 9.18 Å². The van der Waals surface area contributed by atoms with Gasteiger partial charge in [-0.1, -0.05) is 17.7 Å². The van der Waals surface area contributed by atoms with Crippen LogP contribution in [-0.4, -0.2) is 10.9 Å². The highest BCUT2D eigenvalue weighted by Crippen LogP contribution is 2.23. The molecule has 0 radical (unpaired) electrons. The van der Waals surface area contributed by atoms with Crippen LogP contribution in [0.1, 0.15) is 10.4 Å². The van der Waals surface area contributed by atoms with Crippen LogP contribution in [-0.2, 0) is 0 Å². The third-order valence-corrected chi connectivity index (χ3v) is 2.61. The average Bonchev–Trinajstić information content (AvgIpc) is 2.32. The van der Waals surface area contributed by atoms with Crippen LogP contribution in [0.15, 0.2) is 36.7 Å². The molecular formula is C12H9ClFN3O. The number of amides is 1. The van der Waals surface area contributed by atoms with Gasteiger partial charge in [-0.15, -0.1) is 0 Å². The van der Waals surface area contributed by atoms with Crippen LogP contribution in [0.5, 0.6) is 0 Å². The third-order valence-electron chi connectivity index (χ3n) is 2.29. The molecule has 4 nitrogen and oxygen atoms in total. The van der Waals surface area contributed by atoms with E-state index in [4.69, 9.17) is 17.3 Å². The Bertz CT molecular complexity index is 583. The second-order valence-corrected chi connectivity index (χ2v) is 3.92. The van der Waals surface area contributed by atoms with Gasteiger partial charge in [0.05, 0.1) is 22.5 Å². The van der Waals surface area contributed by atoms with Gasteiger partial charge in [-0.05, 0) is 18.2 Å². The number of nitrogen functional groups attached to an aromatic ring is 1. The highest BCUT2D eigenvalue weighted by Gasteiger charge is 2.15. The van der Waals surface area contributed by atoms with Gasteiger partial charge in [-0.3, -0.25) is 9.78 Å². The number of rotatable bonds is 2. The third kappa shape index (κ3) is 2.41. The van der Waals surface area contributed by atoms with Crippen LogP contribution in [0.2, 0.25) is 5.02 Å². The van der Waals surface area contributed by atoms with Crippen LogP contribution >= 0.6 is 11.6 Å². The molecule has 0 unspecified atom stereocenters. The average molecular weight is 266 g/mol.